The number of hydrogen-bond donors (Lipinski definition) is 1. The van der Waals surface area contributed by atoms with Crippen molar-refractivity contribution in [2.45, 2.75) is 32.7 Å². The van der Waals surface area contributed by atoms with E-state index in [2.05, 4.69) is 12.2 Å². The molecule has 7 heteroatoms. The van der Waals surface area contributed by atoms with Crippen molar-refractivity contribution in [3.8, 4) is 5.00 Å². The zero-order chi connectivity index (χ0) is 19.7. The summed E-state index contributed by atoms with van der Waals surface area (Å²) in [6, 6.07) is 5.90. The molecule has 1 aliphatic rings. The van der Waals surface area contributed by atoms with Crippen molar-refractivity contribution in [2.75, 3.05) is 13.1 Å². The average molecular weight is 414 g/mol. The molecule has 5 nitrogen and oxygen atoms in total. The summed E-state index contributed by atoms with van der Waals surface area (Å²) in [5, 5.41) is 7.85. The van der Waals surface area contributed by atoms with Gasteiger partial charge in [0.2, 0.25) is 0 Å². The van der Waals surface area contributed by atoms with E-state index in [0.29, 0.717) is 18.7 Å². The lowest BCUT2D eigenvalue weighted by molar-refractivity contribution is 0.0698. The Labute approximate surface area is 172 Å². The van der Waals surface area contributed by atoms with Crippen LogP contribution in [0.15, 0.2) is 41.4 Å². The molecule has 2 amide bonds. The van der Waals surface area contributed by atoms with E-state index in [1.165, 1.54) is 16.2 Å². The van der Waals surface area contributed by atoms with Gasteiger partial charge in [-0.1, -0.05) is 0 Å². The second-order valence-electron chi connectivity index (χ2n) is 7.11. The monoisotopic (exact) mass is 413 g/mol. The predicted octanol–water partition coefficient (Wildman–Crippen LogP) is 4.25. The summed E-state index contributed by atoms with van der Waals surface area (Å²) in [5.74, 6) is 0.0679. The van der Waals surface area contributed by atoms with Gasteiger partial charge in [0, 0.05) is 47.3 Å². The van der Waals surface area contributed by atoms with Crippen LogP contribution in [0.1, 0.15) is 44.0 Å². The predicted molar refractivity (Wildman–Crippen MR) is 114 cm³/mol. The third kappa shape index (κ3) is 3.64. The zero-order valence-corrected chi connectivity index (χ0v) is 17.6. The Kier molecular flexibility index (Phi) is 5.37. The van der Waals surface area contributed by atoms with Crippen LogP contribution in [0.4, 0.5) is 0 Å². The summed E-state index contributed by atoms with van der Waals surface area (Å²) in [5.41, 5.74) is 2.58. The van der Waals surface area contributed by atoms with Crippen LogP contribution in [0.25, 0.3) is 5.00 Å². The largest absolute Gasteiger partial charge is 0.349 e. The number of likely N-dealkylation sites (tertiary alicyclic amines) is 1. The second kappa shape index (κ2) is 7.93. The first-order chi connectivity index (χ1) is 13.5. The maximum Gasteiger partial charge on any atom is 0.257 e. The molecule has 3 aromatic rings. The van der Waals surface area contributed by atoms with Crippen molar-refractivity contribution in [2.24, 2.45) is 0 Å². The van der Waals surface area contributed by atoms with Crippen LogP contribution in [-0.4, -0.2) is 40.4 Å². The molecule has 0 aromatic carbocycles. The fourth-order valence-corrected chi connectivity index (χ4v) is 5.31. The molecular weight excluding hydrogens is 390 g/mol. The van der Waals surface area contributed by atoms with E-state index in [9.17, 15) is 9.59 Å². The molecule has 4 heterocycles. The quantitative estimate of drug-likeness (QED) is 0.695. The summed E-state index contributed by atoms with van der Waals surface area (Å²) >= 11 is 3.18. The minimum atomic E-state index is -0.0229. The molecule has 1 aliphatic heterocycles. The van der Waals surface area contributed by atoms with E-state index >= 15 is 0 Å². The van der Waals surface area contributed by atoms with Gasteiger partial charge in [-0.05, 0) is 55.8 Å². The maximum atomic E-state index is 13.3. The molecule has 0 spiro atoms. The van der Waals surface area contributed by atoms with Gasteiger partial charge in [0.1, 0.15) is 5.00 Å². The van der Waals surface area contributed by atoms with E-state index < -0.39 is 0 Å². The molecule has 0 radical (unpaired) electrons. The van der Waals surface area contributed by atoms with Gasteiger partial charge in [0.25, 0.3) is 11.8 Å². The Bertz CT molecular complexity index is 966. The molecular formula is C21H23N3O2S2. The molecule has 1 saturated heterocycles. The van der Waals surface area contributed by atoms with Crippen molar-refractivity contribution < 1.29 is 9.59 Å². The smallest absolute Gasteiger partial charge is 0.257 e. The van der Waals surface area contributed by atoms with Crippen LogP contribution >= 0.6 is 22.7 Å². The molecule has 3 aromatic heterocycles. The van der Waals surface area contributed by atoms with Gasteiger partial charge in [-0.25, -0.2) is 0 Å². The van der Waals surface area contributed by atoms with Gasteiger partial charge in [-0.2, -0.15) is 11.3 Å². The third-order valence-corrected chi connectivity index (χ3v) is 7.22. The summed E-state index contributed by atoms with van der Waals surface area (Å²) in [6.07, 6.45) is 5.52. The Morgan fingerprint density at radius 2 is 1.86 bits per heavy atom. The van der Waals surface area contributed by atoms with Crippen molar-refractivity contribution >= 4 is 34.5 Å². The Hall–Kier alpha value is -2.38. The number of thiophene rings is 2. The first kappa shape index (κ1) is 19.0. The normalized spacial score (nSPS) is 15.0. The standard InChI is InChI=1S/C21H23N3O2S2/c1-14-15(2)28-21(24-8-3-4-9-24)18(14)20(26)23-10-5-17(6-11-23)22-19(25)16-7-12-27-13-16/h3-4,7-9,12-13,17H,5-6,10-11H2,1-2H3,(H,22,25). The van der Waals surface area contributed by atoms with Crippen LogP contribution in [0, 0.1) is 13.8 Å². The topological polar surface area (TPSA) is 54.3 Å². The van der Waals surface area contributed by atoms with Crippen molar-refractivity contribution in [3.05, 3.63) is 62.9 Å². The van der Waals surface area contributed by atoms with Gasteiger partial charge in [0.05, 0.1) is 5.56 Å². The fourth-order valence-electron chi connectivity index (χ4n) is 3.56. The zero-order valence-electron chi connectivity index (χ0n) is 16.0. The van der Waals surface area contributed by atoms with Crippen LogP contribution < -0.4 is 5.32 Å². The number of piperidine rings is 1. The number of aryl methyl sites for hydroxylation is 1. The maximum absolute atomic E-state index is 13.3. The molecule has 0 atom stereocenters. The van der Waals surface area contributed by atoms with E-state index in [0.717, 1.165) is 29.0 Å². The van der Waals surface area contributed by atoms with Crippen molar-refractivity contribution in [3.63, 3.8) is 0 Å². The van der Waals surface area contributed by atoms with E-state index in [4.69, 9.17) is 0 Å². The van der Waals surface area contributed by atoms with E-state index in [-0.39, 0.29) is 17.9 Å². The number of hydrogen-bond acceptors (Lipinski definition) is 4. The van der Waals surface area contributed by atoms with Gasteiger partial charge < -0.3 is 14.8 Å². The molecule has 1 fully saturated rings. The molecule has 146 valence electrons. The highest BCUT2D eigenvalue weighted by Gasteiger charge is 2.29. The highest BCUT2D eigenvalue weighted by atomic mass is 32.1. The first-order valence-corrected chi connectivity index (χ1v) is 11.2. The Morgan fingerprint density at radius 1 is 1.14 bits per heavy atom. The van der Waals surface area contributed by atoms with Gasteiger partial charge in [-0.3, -0.25) is 9.59 Å². The van der Waals surface area contributed by atoms with E-state index in [1.807, 2.05) is 57.7 Å². The molecule has 0 aliphatic carbocycles. The fraction of sp³-hybridized carbons (Fsp3) is 0.333. The third-order valence-electron chi connectivity index (χ3n) is 5.32. The average Bonchev–Trinajstić information content (AvgIpc) is 3.44. The highest BCUT2D eigenvalue weighted by Crippen LogP contribution is 2.32. The summed E-state index contributed by atoms with van der Waals surface area (Å²) in [4.78, 5) is 28.6. The minimum absolute atomic E-state index is 0.0229. The SMILES string of the molecule is Cc1sc(-n2cccc2)c(C(=O)N2CCC(NC(=O)c3ccsc3)CC2)c1C. The second-order valence-corrected chi connectivity index (χ2v) is 9.09. The number of rotatable bonds is 4. The summed E-state index contributed by atoms with van der Waals surface area (Å²) < 4.78 is 2.02. The summed E-state index contributed by atoms with van der Waals surface area (Å²) in [7, 11) is 0. The lowest BCUT2D eigenvalue weighted by atomic mass is 10.0. The van der Waals surface area contributed by atoms with Crippen LogP contribution in [0.5, 0.6) is 0 Å². The number of carbonyl (C=O) groups is 2. The molecule has 1 N–H and O–H groups in total. The molecule has 0 saturated carbocycles. The molecule has 4 rings (SSSR count). The number of amides is 2. The molecule has 0 bridgehead atoms. The molecule has 28 heavy (non-hydrogen) atoms. The van der Waals surface area contributed by atoms with Crippen LogP contribution in [0.2, 0.25) is 0 Å². The van der Waals surface area contributed by atoms with Crippen molar-refractivity contribution in [1.29, 1.82) is 0 Å². The van der Waals surface area contributed by atoms with Crippen LogP contribution in [-0.2, 0) is 0 Å². The van der Waals surface area contributed by atoms with Crippen molar-refractivity contribution in [1.82, 2.24) is 14.8 Å². The Balaban J connectivity index is 1.44. The minimum Gasteiger partial charge on any atom is -0.349 e. The van der Waals surface area contributed by atoms with Gasteiger partial charge in [0.15, 0.2) is 0 Å². The highest BCUT2D eigenvalue weighted by molar-refractivity contribution is 7.15. The number of aromatic nitrogens is 1. The van der Waals surface area contributed by atoms with Gasteiger partial charge in [-0.15, -0.1) is 11.3 Å². The van der Waals surface area contributed by atoms with Crippen LogP contribution in [0.3, 0.4) is 0 Å². The lowest BCUT2D eigenvalue weighted by Gasteiger charge is -2.32. The van der Waals surface area contributed by atoms with E-state index in [1.54, 1.807) is 11.3 Å². The number of nitrogens with one attached hydrogen (secondary N) is 1. The Morgan fingerprint density at radius 3 is 2.50 bits per heavy atom. The number of carbonyl (C=O) groups excluding carboxylic acids is 2. The number of nitrogens with zero attached hydrogens (tertiary/aromatic N) is 2. The molecule has 0 unspecified atom stereocenters. The first-order valence-electron chi connectivity index (χ1n) is 9.40. The lowest BCUT2D eigenvalue weighted by Crippen LogP contribution is -2.46. The summed E-state index contributed by atoms with van der Waals surface area (Å²) in [6.45, 7) is 5.41. The van der Waals surface area contributed by atoms with Gasteiger partial charge >= 0.3 is 0 Å².